The van der Waals surface area contributed by atoms with Crippen LogP contribution in [0.4, 0.5) is 0 Å². The van der Waals surface area contributed by atoms with Crippen LogP contribution in [0.25, 0.3) is 0 Å². The summed E-state index contributed by atoms with van der Waals surface area (Å²) in [5, 5.41) is 1.51. The summed E-state index contributed by atoms with van der Waals surface area (Å²) < 4.78 is 0. The van der Waals surface area contributed by atoms with Gasteiger partial charge in [0, 0.05) is 5.92 Å². The van der Waals surface area contributed by atoms with Crippen LogP contribution in [0.5, 0.6) is 0 Å². The Morgan fingerprint density at radius 2 is 2.42 bits per heavy atom. The second-order valence-electron chi connectivity index (χ2n) is 3.32. The number of carbonyl (C=O) groups excluding carboxylic acids is 1. The fraction of sp³-hybridized carbons (Fsp3) is 0.889. The molecule has 0 aromatic heterocycles. The van der Waals surface area contributed by atoms with E-state index in [1.165, 1.54) is 5.06 Å². The topological polar surface area (TPSA) is 29.5 Å². The highest BCUT2D eigenvalue weighted by molar-refractivity contribution is 5.77. The first-order valence-corrected chi connectivity index (χ1v) is 4.70. The van der Waals surface area contributed by atoms with E-state index < -0.39 is 0 Å². The van der Waals surface area contributed by atoms with Gasteiger partial charge < -0.3 is 0 Å². The minimum absolute atomic E-state index is 0.119. The zero-order chi connectivity index (χ0) is 8.97. The lowest BCUT2D eigenvalue weighted by Crippen LogP contribution is -2.31. The van der Waals surface area contributed by atoms with Crippen molar-refractivity contribution in [1.82, 2.24) is 5.06 Å². The molecule has 0 radical (unpaired) electrons. The molecule has 0 N–H and O–H groups in total. The lowest BCUT2D eigenvalue weighted by molar-refractivity contribution is -0.173. The molecular formula is C9H17NO2. The first kappa shape index (κ1) is 9.52. The number of hydroxylamine groups is 2. The quantitative estimate of drug-likeness (QED) is 0.645. The Labute approximate surface area is 73.6 Å². The summed E-state index contributed by atoms with van der Waals surface area (Å²) in [6, 6.07) is 0. The molecule has 0 bridgehead atoms. The van der Waals surface area contributed by atoms with Gasteiger partial charge in [-0.1, -0.05) is 20.3 Å². The Balaban J connectivity index is 2.34. The van der Waals surface area contributed by atoms with Gasteiger partial charge in [-0.3, -0.25) is 9.63 Å². The van der Waals surface area contributed by atoms with Crippen molar-refractivity contribution in [3.05, 3.63) is 0 Å². The first-order chi connectivity index (χ1) is 5.75. The Kier molecular flexibility index (Phi) is 3.53. The molecule has 0 saturated carbocycles. The zero-order valence-corrected chi connectivity index (χ0v) is 7.88. The molecule has 1 fully saturated rings. The van der Waals surface area contributed by atoms with E-state index in [1.807, 2.05) is 6.92 Å². The molecule has 3 heteroatoms. The normalized spacial score (nSPS) is 19.7. The number of hydrogen-bond acceptors (Lipinski definition) is 2. The number of hydrogen-bond donors (Lipinski definition) is 0. The molecule has 3 nitrogen and oxygen atoms in total. The molecular weight excluding hydrogens is 154 g/mol. The van der Waals surface area contributed by atoms with Crippen molar-refractivity contribution < 1.29 is 9.63 Å². The van der Waals surface area contributed by atoms with E-state index >= 15 is 0 Å². The Hall–Kier alpha value is -0.570. The summed E-state index contributed by atoms with van der Waals surface area (Å²) >= 11 is 0. The summed E-state index contributed by atoms with van der Waals surface area (Å²) in [5.74, 6) is 0.266. The van der Waals surface area contributed by atoms with Crippen LogP contribution in [0.1, 0.15) is 33.1 Å². The zero-order valence-electron chi connectivity index (χ0n) is 7.88. The van der Waals surface area contributed by atoms with E-state index in [2.05, 4.69) is 6.92 Å². The fourth-order valence-corrected chi connectivity index (χ4v) is 1.42. The largest absolute Gasteiger partial charge is 0.272 e. The van der Waals surface area contributed by atoms with Gasteiger partial charge in [-0.2, -0.15) is 0 Å². The van der Waals surface area contributed by atoms with Gasteiger partial charge in [-0.05, 0) is 12.8 Å². The number of carbonyl (C=O) groups is 1. The molecule has 0 aromatic carbocycles. The first-order valence-electron chi connectivity index (χ1n) is 4.70. The minimum atomic E-state index is 0.119. The predicted molar refractivity (Wildman–Crippen MR) is 46.4 cm³/mol. The monoisotopic (exact) mass is 171 g/mol. The Morgan fingerprint density at radius 1 is 1.67 bits per heavy atom. The van der Waals surface area contributed by atoms with Gasteiger partial charge in [0.25, 0.3) is 0 Å². The molecule has 1 unspecified atom stereocenters. The third-order valence-corrected chi connectivity index (χ3v) is 2.14. The van der Waals surface area contributed by atoms with Crippen molar-refractivity contribution in [2.75, 3.05) is 13.2 Å². The summed E-state index contributed by atoms with van der Waals surface area (Å²) in [4.78, 5) is 16.7. The van der Waals surface area contributed by atoms with Crippen LogP contribution >= 0.6 is 0 Å². The lowest BCUT2D eigenvalue weighted by atomic mass is 10.1. The lowest BCUT2D eigenvalue weighted by Gasteiger charge is -2.18. The van der Waals surface area contributed by atoms with E-state index in [0.29, 0.717) is 6.61 Å². The van der Waals surface area contributed by atoms with Crippen LogP contribution in [0, 0.1) is 5.92 Å². The summed E-state index contributed by atoms with van der Waals surface area (Å²) in [6.07, 6.45) is 2.99. The summed E-state index contributed by atoms with van der Waals surface area (Å²) in [6.45, 7) is 5.53. The maximum atomic E-state index is 11.5. The number of nitrogens with zero attached hydrogens (tertiary/aromatic N) is 1. The van der Waals surface area contributed by atoms with Gasteiger partial charge in [-0.25, -0.2) is 5.06 Å². The van der Waals surface area contributed by atoms with E-state index in [1.54, 1.807) is 0 Å². The Morgan fingerprint density at radius 3 is 2.92 bits per heavy atom. The molecule has 1 aliphatic rings. The van der Waals surface area contributed by atoms with Crippen LogP contribution in [0.2, 0.25) is 0 Å². The SMILES string of the molecule is CCCC(C)C(=O)N1CCCO1. The minimum Gasteiger partial charge on any atom is -0.272 e. The summed E-state index contributed by atoms with van der Waals surface area (Å²) in [7, 11) is 0. The highest BCUT2D eigenvalue weighted by atomic mass is 16.7. The molecule has 70 valence electrons. The molecule has 1 rings (SSSR count). The van der Waals surface area contributed by atoms with Crippen molar-refractivity contribution in [3.8, 4) is 0 Å². The second-order valence-corrected chi connectivity index (χ2v) is 3.32. The van der Waals surface area contributed by atoms with Crippen molar-refractivity contribution in [2.24, 2.45) is 5.92 Å². The van der Waals surface area contributed by atoms with Crippen LogP contribution in [0.15, 0.2) is 0 Å². The fourth-order valence-electron chi connectivity index (χ4n) is 1.42. The molecule has 0 spiro atoms. The van der Waals surface area contributed by atoms with Gasteiger partial charge in [0.2, 0.25) is 5.91 Å². The Bertz CT molecular complexity index is 153. The second kappa shape index (κ2) is 4.45. The maximum Gasteiger partial charge on any atom is 0.248 e. The highest BCUT2D eigenvalue weighted by Gasteiger charge is 2.23. The molecule has 1 aliphatic heterocycles. The van der Waals surface area contributed by atoms with Crippen molar-refractivity contribution >= 4 is 5.91 Å². The predicted octanol–water partition coefficient (Wildman–Crippen LogP) is 1.59. The molecule has 12 heavy (non-hydrogen) atoms. The number of rotatable bonds is 3. The molecule has 1 atom stereocenters. The third-order valence-electron chi connectivity index (χ3n) is 2.14. The van der Waals surface area contributed by atoms with Crippen molar-refractivity contribution in [1.29, 1.82) is 0 Å². The summed E-state index contributed by atoms with van der Waals surface area (Å²) in [5.41, 5.74) is 0. The van der Waals surface area contributed by atoms with Gasteiger partial charge in [0.15, 0.2) is 0 Å². The average molecular weight is 171 g/mol. The highest BCUT2D eigenvalue weighted by Crippen LogP contribution is 2.13. The van der Waals surface area contributed by atoms with Crippen LogP contribution in [-0.4, -0.2) is 24.1 Å². The van der Waals surface area contributed by atoms with Gasteiger partial charge in [0.1, 0.15) is 0 Å². The molecule has 1 amide bonds. The van der Waals surface area contributed by atoms with E-state index in [4.69, 9.17) is 4.84 Å². The average Bonchev–Trinajstić information content (AvgIpc) is 2.55. The smallest absolute Gasteiger partial charge is 0.248 e. The van der Waals surface area contributed by atoms with Crippen LogP contribution in [-0.2, 0) is 9.63 Å². The molecule has 1 heterocycles. The van der Waals surface area contributed by atoms with E-state index in [0.717, 1.165) is 25.8 Å². The van der Waals surface area contributed by atoms with Gasteiger partial charge in [0.05, 0.1) is 13.2 Å². The number of amides is 1. The molecule has 0 aliphatic carbocycles. The van der Waals surface area contributed by atoms with Crippen molar-refractivity contribution in [3.63, 3.8) is 0 Å². The maximum absolute atomic E-state index is 11.5. The van der Waals surface area contributed by atoms with E-state index in [-0.39, 0.29) is 11.8 Å². The van der Waals surface area contributed by atoms with Gasteiger partial charge >= 0.3 is 0 Å². The van der Waals surface area contributed by atoms with Crippen molar-refractivity contribution in [2.45, 2.75) is 33.1 Å². The van der Waals surface area contributed by atoms with Crippen LogP contribution in [0.3, 0.4) is 0 Å². The van der Waals surface area contributed by atoms with E-state index in [9.17, 15) is 4.79 Å². The van der Waals surface area contributed by atoms with Crippen LogP contribution < -0.4 is 0 Å². The van der Waals surface area contributed by atoms with Gasteiger partial charge in [-0.15, -0.1) is 0 Å². The standard InChI is InChI=1S/C9H17NO2/c1-3-5-8(2)9(11)10-6-4-7-12-10/h8H,3-7H2,1-2H3. The third kappa shape index (κ3) is 2.21. The molecule has 0 aromatic rings. The molecule has 1 saturated heterocycles.